The largest absolute Gasteiger partial charge is 0.370 e. The van der Waals surface area contributed by atoms with E-state index in [2.05, 4.69) is 39.3 Å². The summed E-state index contributed by atoms with van der Waals surface area (Å²) in [6.07, 6.45) is 5.42. The van der Waals surface area contributed by atoms with E-state index >= 15 is 0 Å². The minimum absolute atomic E-state index is 0.945. The van der Waals surface area contributed by atoms with Gasteiger partial charge in [0.05, 0.1) is 0 Å². The second-order valence-corrected chi connectivity index (χ2v) is 5.10. The van der Waals surface area contributed by atoms with Crippen molar-refractivity contribution in [2.45, 2.75) is 33.1 Å². The van der Waals surface area contributed by atoms with E-state index in [1.807, 2.05) is 0 Å². The number of hydrogen-bond acceptors (Lipinski definition) is 5. The number of rotatable bonds is 7. The zero-order valence-corrected chi connectivity index (χ0v) is 12.1. The van der Waals surface area contributed by atoms with E-state index in [0.29, 0.717) is 0 Å². The van der Waals surface area contributed by atoms with Gasteiger partial charge in [-0.2, -0.15) is 0 Å². The molecule has 0 amide bonds. The molecule has 2 N–H and O–H groups in total. The first-order chi connectivity index (χ1) is 9.31. The summed E-state index contributed by atoms with van der Waals surface area (Å²) in [7, 11) is 0. The van der Waals surface area contributed by atoms with Gasteiger partial charge >= 0.3 is 0 Å². The summed E-state index contributed by atoms with van der Waals surface area (Å²) in [4.78, 5) is 11.1. The lowest BCUT2D eigenvalue weighted by Crippen LogP contribution is -2.26. The number of anilines is 2. The third-order valence-corrected chi connectivity index (χ3v) is 3.55. The third kappa shape index (κ3) is 4.06. The molecule has 0 atom stereocenters. The molecule has 0 spiro atoms. The van der Waals surface area contributed by atoms with Crippen LogP contribution in [0.1, 0.15) is 31.7 Å². The van der Waals surface area contributed by atoms with Gasteiger partial charge in [-0.05, 0) is 39.3 Å². The molecule has 19 heavy (non-hydrogen) atoms. The van der Waals surface area contributed by atoms with Crippen LogP contribution in [0.4, 0.5) is 11.6 Å². The second kappa shape index (κ2) is 7.28. The van der Waals surface area contributed by atoms with Gasteiger partial charge in [-0.15, -0.1) is 0 Å². The number of nitrogens with one attached hydrogen (secondary N) is 2. The van der Waals surface area contributed by atoms with Gasteiger partial charge in [-0.3, -0.25) is 0 Å². The lowest BCUT2D eigenvalue weighted by Gasteiger charge is -2.16. The fourth-order valence-electron chi connectivity index (χ4n) is 2.39. The van der Waals surface area contributed by atoms with Crippen LogP contribution in [0.3, 0.4) is 0 Å². The molecule has 5 heteroatoms. The van der Waals surface area contributed by atoms with E-state index in [9.17, 15) is 0 Å². The van der Waals surface area contributed by atoms with Crippen LogP contribution in [0, 0.1) is 6.92 Å². The number of nitrogens with zero attached hydrogens (tertiary/aromatic N) is 3. The van der Waals surface area contributed by atoms with Crippen LogP contribution in [-0.4, -0.2) is 47.6 Å². The van der Waals surface area contributed by atoms with Gasteiger partial charge in [0.1, 0.15) is 18.0 Å². The summed E-state index contributed by atoms with van der Waals surface area (Å²) in [5.74, 6) is 1.90. The van der Waals surface area contributed by atoms with Crippen LogP contribution in [0.15, 0.2) is 6.33 Å². The number of hydrogen-bond donors (Lipinski definition) is 2. The van der Waals surface area contributed by atoms with Crippen molar-refractivity contribution in [1.29, 1.82) is 0 Å². The van der Waals surface area contributed by atoms with Gasteiger partial charge in [-0.1, -0.05) is 6.92 Å². The van der Waals surface area contributed by atoms with Gasteiger partial charge in [0.25, 0.3) is 0 Å². The van der Waals surface area contributed by atoms with Crippen molar-refractivity contribution in [2.75, 3.05) is 43.4 Å². The monoisotopic (exact) mass is 263 g/mol. The highest BCUT2D eigenvalue weighted by molar-refractivity contribution is 5.56. The van der Waals surface area contributed by atoms with Gasteiger partial charge in [0, 0.05) is 25.2 Å². The smallest absolute Gasteiger partial charge is 0.134 e. The molecule has 0 unspecified atom stereocenters. The molecule has 1 fully saturated rings. The average Bonchev–Trinajstić information content (AvgIpc) is 2.92. The highest BCUT2D eigenvalue weighted by Gasteiger charge is 2.11. The maximum absolute atomic E-state index is 4.33. The predicted octanol–water partition coefficient (Wildman–Crippen LogP) is 2.11. The van der Waals surface area contributed by atoms with Gasteiger partial charge in [0.2, 0.25) is 0 Å². The van der Waals surface area contributed by atoms with E-state index in [1.165, 1.54) is 25.9 Å². The molecule has 2 heterocycles. The molecule has 1 aliphatic rings. The lowest BCUT2D eigenvalue weighted by atomic mass is 10.3. The van der Waals surface area contributed by atoms with Crippen molar-refractivity contribution in [1.82, 2.24) is 14.9 Å². The van der Waals surface area contributed by atoms with Crippen LogP contribution in [0.2, 0.25) is 0 Å². The first kappa shape index (κ1) is 14.1. The topological polar surface area (TPSA) is 53.1 Å². The molecule has 0 radical (unpaired) electrons. The first-order valence-electron chi connectivity index (χ1n) is 7.33. The van der Waals surface area contributed by atoms with Crippen LogP contribution in [0.25, 0.3) is 0 Å². The van der Waals surface area contributed by atoms with Crippen LogP contribution in [0.5, 0.6) is 0 Å². The summed E-state index contributed by atoms with van der Waals surface area (Å²) in [5, 5.41) is 6.76. The molecule has 1 saturated heterocycles. The molecule has 2 rings (SSSR count). The van der Waals surface area contributed by atoms with Crippen molar-refractivity contribution in [3.8, 4) is 0 Å². The van der Waals surface area contributed by atoms with E-state index < -0.39 is 0 Å². The summed E-state index contributed by atoms with van der Waals surface area (Å²) in [5.41, 5.74) is 1.11. The van der Waals surface area contributed by atoms with E-state index in [4.69, 9.17) is 0 Å². The second-order valence-electron chi connectivity index (χ2n) is 5.10. The molecular formula is C14H25N5. The maximum atomic E-state index is 4.33. The van der Waals surface area contributed by atoms with E-state index in [1.54, 1.807) is 6.33 Å². The van der Waals surface area contributed by atoms with Gasteiger partial charge < -0.3 is 15.5 Å². The highest BCUT2D eigenvalue weighted by Crippen LogP contribution is 2.17. The summed E-state index contributed by atoms with van der Waals surface area (Å²) < 4.78 is 0. The predicted molar refractivity (Wildman–Crippen MR) is 79.7 cm³/mol. The molecule has 106 valence electrons. The Morgan fingerprint density at radius 2 is 1.74 bits per heavy atom. The van der Waals surface area contributed by atoms with Crippen molar-refractivity contribution in [3.05, 3.63) is 11.9 Å². The SMILES string of the molecule is CCCNc1ncnc(NCCN2CCCC2)c1C. The number of likely N-dealkylation sites (tertiary alicyclic amines) is 1. The van der Waals surface area contributed by atoms with Crippen LogP contribution >= 0.6 is 0 Å². The Bertz CT molecular complexity index is 387. The molecule has 0 aromatic carbocycles. The average molecular weight is 263 g/mol. The maximum Gasteiger partial charge on any atom is 0.134 e. The Labute approximate surface area is 115 Å². The van der Waals surface area contributed by atoms with Crippen molar-refractivity contribution >= 4 is 11.6 Å². The standard InChI is InChI=1S/C14H25N5/c1-3-6-15-13-12(2)14(18-11-17-13)16-7-10-19-8-4-5-9-19/h11H,3-10H2,1-2H3,(H2,15,16,17,18). The normalized spacial score (nSPS) is 15.7. The number of aromatic nitrogens is 2. The Kier molecular flexibility index (Phi) is 5.39. The van der Waals surface area contributed by atoms with Gasteiger partial charge in [0.15, 0.2) is 0 Å². The Morgan fingerprint density at radius 3 is 2.37 bits per heavy atom. The first-order valence-corrected chi connectivity index (χ1v) is 7.33. The van der Waals surface area contributed by atoms with Crippen LogP contribution in [-0.2, 0) is 0 Å². The van der Waals surface area contributed by atoms with Crippen molar-refractivity contribution in [2.24, 2.45) is 0 Å². The van der Waals surface area contributed by atoms with E-state index in [0.717, 1.165) is 43.3 Å². The fraction of sp³-hybridized carbons (Fsp3) is 0.714. The van der Waals surface area contributed by atoms with Gasteiger partial charge in [-0.25, -0.2) is 9.97 Å². The van der Waals surface area contributed by atoms with E-state index in [-0.39, 0.29) is 0 Å². The third-order valence-electron chi connectivity index (χ3n) is 3.55. The summed E-state index contributed by atoms with van der Waals surface area (Å²) in [6, 6.07) is 0. The lowest BCUT2D eigenvalue weighted by molar-refractivity contribution is 0.352. The molecule has 5 nitrogen and oxygen atoms in total. The van der Waals surface area contributed by atoms with Crippen LogP contribution < -0.4 is 10.6 Å². The Balaban J connectivity index is 1.84. The summed E-state index contributed by atoms with van der Waals surface area (Å²) in [6.45, 7) is 9.70. The minimum Gasteiger partial charge on any atom is -0.370 e. The molecule has 0 bridgehead atoms. The molecule has 0 saturated carbocycles. The quantitative estimate of drug-likeness (QED) is 0.789. The molecule has 1 aromatic rings. The van der Waals surface area contributed by atoms with Crippen molar-refractivity contribution in [3.63, 3.8) is 0 Å². The molecular weight excluding hydrogens is 238 g/mol. The zero-order chi connectivity index (χ0) is 13.5. The fourth-order valence-corrected chi connectivity index (χ4v) is 2.39. The summed E-state index contributed by atoms with van der Waals surface area (Å²) >= 11 is 0. The Hall–Kier alpha value is -1.36. The molecule has 1 aliphatic heterocycles. The highest BCUT2D eigenvalue weighted by atomic mass is 15.2. The minimum atomic E-state index is 0.945. The molecule has 1 aromatic heterocycles. The Morgan fingerprint density at radius 1 is 1.11 bits per heavy atom. The molecule has 0 aliphatic carbocycles. The zero-order valence-electron chi connectivity index (χ0n) is 12.1. The van der Waals surface area contributed by atoms with Crippen molar-refractivity contribution < 1.29 is 0 Å².